The van der Waals surface area contributed by atoms with Gasteiger partial charge < -0.3 is 4.90 Å². The Labute approximate surface area is 179 Å². The molecule has 150 valence electrons. The molecule has 0 aliphatic carbocycles. The molecule has 3 aromatic rings. The molecule has 0 saturated carbocycles. The largest absolute Gasteiger partial charge is 0.342 e. The summed E-state index contributed by atoms with van der Waals surface area (Å²) in [7, 11) is 0. The Morgan fingerprint density at radius 1 is 1.07 bits per heavy atom. The van der Waals surface area contributed by atoms with Gasteiger partial charge in [0.05, 0.1) is 11.4 Å². The molecule has 0 bridgehead atoms. The van der Waals surface area contributed by atoms with E-state index >= 15 is 0 Å². The van der Waals surface area contributed by atoms with Crippen LogP contribution in [0.2, 0.25) is 5.02 Å². The van der Waals surface area contributed by atoms with E-state index in [-0.39, 0.29) is 5.91 Å². The predicted molar refractivity (Wildman–Crippen MR) is 114 cm³/mol. The van der Waals surface area contributed by atoms with Gasteiger partial charge in [0.1, 0.15) is 0 Å². The summed E-state index contributed by atoms with van der Waals surface area (Å²) in [5.41, 5.74) is 2.19. The molecule has 4 rings (SSSR count). The lowest BCUT2D eigenvalue weighted by Crippen LogP contribution is -2.39. The molecule has 1 amide bonds. The molecular weight excluding hydrogens is 406 g/mol. The normalized spacial score (nSPS) is 14.9. The Kier molecular flexibility index (Phi) is 6.46. The molecule has 0 atom stereocenters. The summed E-state index contributed by atoms with van der Waals surface area (Å²) in [4.78, 5) is 14.6. The van der Waals surface area contributed by atoms with Gasteiger partial charge in [-0.05, 0) is 65.4 Å². The lowest BCUT2D eigenvalue weighted by molar-refractivity contribution is -0.129. The van der Waals surface area contributed by atoms with Gasteiger partial charge in [0.25, 0.3) is 0 Å². The number of carbonyl (C=O) groups excluding carboxylic acids is 1. The molecule has 1 aliphatic heterocycles. The van der Waals surface area contributed by atoms with Crippen molar-refractivity contribution in [3.63, 3.8) is 0 Å². The van der Waals surface area contributed by atoms with Crippen LogP contribution in [-0.4, -0.2) is 49.9 Å². The minimum atomic E-state index is 0.138. The van der Waals surface area contributed by atoms with Crippen LogP contribution < -0.4 is 0 Å². The van der Waals surface area contributed by atoms with Gasteiger partial charge in [-0.25, -0.2) is 0 Å². The van der Waals surface area contributed by atoms with Gasteiger partial charge in [-0.1, -0.05) is 53.7 Å². The van der Waals surface area contributed by atoms with Crippen molar-refractivity contribution in [3.8, 4) is 5.69 Å². The maximum Gasteiger partial charge on any atom is 0.233 e. The monoisotopic (exact) mass is 427 g/mol. The highest BCUT2D eigenvalue weighted by Gasteiger charge is 2.23. The van der Waals surface area contributed by atoms with E-state index in [1.54, 1.807) is 16.8 Å². The van der Waals surface area contributed by atoms with Crippen LogP contribution in [0.5, 0.6) is 0 Å². The van der Waals surface area contributed by atoms with E-state index in [0.717, 1.165) is 38.0 Å². The fourth-order valence-electron chi connectivity index (χ4n) is 3.56. The zero-order chi connectivity index (χ0) is 20.1. The van der Waals surface area contributed by atoms with Crippen LogP contribution in [0.25, 0.3) is 5.69 Å². The van der Waals surface area contributed by atoms with Gasteiger partial charge in [0.15, 0.2) is 0 Å². The summed E-state index contributed by atoms with van der Waals surface area (Å²) >= 11 is 7.30. The summed E-state index contributed by atoms with van der Waals surface area (Å²) < 4.78 is 1.63. The zero-order valence-corrected chi connectivity index (χ0v) is 17.5. The molecule has 1 fully saturated rings. The number of amides is 1. The van der Waals surface area contributed by atoms with Crippen LogP contribution in [-0.2, 0) is 11.2 Å². The third-order valence-corrected chi connectivity index (χ3v) is 6.33. The van der Waals surface area contributed by atoms with Gasteiger partial charge in [0, 0.05) is 18.1 Å². The number of aromatic nitrogens is 4. The molecule has 2 heterocycles. The van der Waals surface area contributed by atoms with Gasteiger partial charge in [0.2, 0.25) is 11.1 Å². The molecule has 2 aromatic carbocycles. The molecule has 1 aromatic heterocycles. The number of halogens is 1. The number of hydrogen-bond acceptors (Lipinski definition) is 5. The highest BCUT2D eigenvalue weighted by Crippen LogP contribution is 2.24. The van der Waals surface area contributed by atoms with Gasteiger partial charge in [-0.2, -0.15) is 4.68 Å². The molecule has 1 saturated heterocycles. The average molecular weight is 428 g/mol. The molecule has 0 radical (unpaired) electrons. The first-order valence-corrected chi connectivity index (χ1v) is 11.0. The molecule has 0 N–H and O–H groups in total. The third-order valence-electron chi connectivity index (χ3n) is 5.17. The number of tetrazole rings is 1. The summed E-state index contributed by atoms with van der Waals surface area (Å²) in [6.45, 7) is 1.64. The van der Waals surface area contributed by atoms with E-state index in [1.807, 2.05) is 23.1 Å². The number of benzene rings is 2. The standard InChI is InChI=1S/C21H22ClN5OS/c22-18-6-8-19(9-7-18)27-21(23-24-25-27)29-15-20(28)26-12-10-17(11-13-26)14-16-4-2-1-3-5-16/h1-9,17H,10-15H2. The van der Waals surface area contributed by atoms with Crippen molar-refractivity contribution in [2.45, 2.75) is 24.4 Å². The summed E-state index contributed by atoms with van der Waals surface area (Å²) in [5, 5.41) is 13.1. The molecule has 6 nitrogen and oxygen atoms in total. The topological polar surface area (TPSA) is 63.9 Å². The third kappa shape index (κ3) is 5.16. The van der Waals surface area contributed by atoms with Gasteiger partial charge in [-0.3, -0.25) is 4.79 Å². The Balaban J connectivity index is 1.28. The maximum atomic E-state index is 12.7. The number of piperidine rings is 1. The number of likely N-dealkylation sites (tertiary alicyclic amines) is 1. The molecule has 8 heteroatoms. The van der Waals surface area contributed by atoms with Crippen LogP contribution in [0.1, 0.15) is 18.4 Å². The van der Waals surface area contributed by atoms with Crippen molar-refractivity contribution in [1.82, 2.24) is 25.1 Å². The summed E-state index contributed by atoms with van der Waals surface area (Å²) in [6.07, 6.45) is 3.19. The van der Waals surface area contributed by atoms with Gasteiger partial charge >= 0.3 is 0 Å². The van der Waals surface area contributed by atoms with Crippen LogP contribution in [0.3, 0.4) is 0 Å². The fourth-order valence-corrected chi connectivity index (χ4v) is 4.48. The molecule has 1 aliphatic rings. The van der Waals surface area contributed by atoms with E-state index in [0.29, 0.717) is 21.8 Å². The highest BCUT2D eigenvalue weighted by atomic mass is 35.5. The predicted octanol–water partition coefficient (Wildman–Crippen LogP) is 3.89. The molecule has 0 unspecified atom stereocenters. The first-order chi connectivity index (χ1) is 14.2. The van der Waals surface area contributed by atoms with Crippen molar-refractivity contribution < 1.29 is 4.79 Å². The van der Waals surface area contributed by atoms with E-state index in [4.69, 9.17) is 11.6 Å². The second-order valence-electron chi connectivity index (χ2n) is 7.15. The minimum Gasteiger partial charge on any atom is -0.342 e. The first kappa shape index (κ1) is 19.9. The minimum absolute atomic E-state index is 0.138. The van der Waals surface area contributed by atoms with Crippen molar-refractivity contribution in [2.24, 2.45) is 5.92 Å². The Bertz CT molecular complexity index is 939. The number of nitrogens with zero attached hydrogens (tertiary/aromatic N) is 5. The second kappa shape index (κ2) is 9.41. The second-order valence-corrected chi connectivity index (χ2v) is 8.53. The smallest absolute Gasteiger partial charge is 0.233 e. The average Bonchev–Trinajstić information content (AvgIpc) is 3.22. The number of carbonyl (C=O) groups is 1. The Morgan fingerprint density at radius 3 is 2.52 bits per heavy atom. The lowest BCUT2D eigenvalue weighted by atomic mass is 9.90. The quantitative estimate of drug-likeness (QED) is 0.558. The van der Waals surface area contributed by atoms with Gasteiger partial charge in [-0.15, -0.1) is 5.10 Å². The molecule has 0 spiro atoms. The first-order valence-electron chi connectivity index (χ1n) is 9.68. The van der Waals surface area contributed by atoms with Crippen molar-refractivity contribution >= 4 is 29.3 Å². The number of rotatable bonds is 6. The van der Waals surface area contributed by atoms with E-state index in [2.05, 4.69) is 39.8 Å². The summed E-state index contributed by atoms with van der Waals surface area (Å²) in [5.74, 6) is 1.11. The van der Waals surface area contributed by atoms with Crippen LogP contribution in [0.4, 0.5) is 0 Å². The lowest BCUT2D eigenvalue weighted by Gasteiger charge is -2.32. The fraction of sp³-hybridized carbons (Fsp3) is 0.333. The summed E-state index contributed by atoms with van der Waals surface area (Å²) in [6, 6.07) is 17.9. The van der Waals surface area contributed by atoms with Crippen LogP contribution in [0, 0.1) is 5.92 Å². The highest BCUT2D eigenvalue weighted by molar-refractivity contribution is 7.99. The number of hydrogen-bond donors (Lipinski definition) is 0. The zero-order valence-electron chi connectivity index (χ0n) is 15.9. The van der Waals surface area contributed by atoms with E-state index in [1.165, 1.54) is 17.3 Å². The van der Waals surface area contributed by atoms with Crippen LogP contribution in [0.15, 0.2) is 59.8 Å². The molecular formula is C21H22ClN5OS. The van der Waals surface area contributed by atoms with Crippen molar-refractivity contribution in [3.05, 3.63) is 65.2 Å². The van der Waals surface area contributed by atoms with Crippen molar-refractivity contribution in [2.75, 3.05) is 18.8 Å². The van der Waals surface area contributed by atoms with E-state index in [9.17, 15) is 4.79 Å². The Morgan fingerprint density at radius 2 is 1.79 bits per heavy atom. The molecule has 29 heavy (non-hydrogen) atoms. The Hall–Kier alpha value is -2.38. The maximum absolute atomic E-state index is 12.7. The SMILES string of the molecule is O=C(CSc1nnnn1-c1ccc(Cl)cc1)N1CCC(Cc2ccccc2)CC1. The van der Waals surface area contributed by atoms with E-state index < -0.39 is 0 Å². The number of thioether (sulfide) groups is 1. The van der Waals surface area contributed by atoms with Crippen LogP contribution >= 0.6 is 23.4 Å². The van der Waals surface area contributed by atoms with Crippen molar-refractivity contribution in [1.29, 1.82) is 0 Å².